The highest BCUT2D eigenvalue weighted by atomic mass is 35.5. The van der Waals surface area contributed by atoms with Crippen LogP contribution in [0.4, 0.5) is 10.6 Å². The van der Waals surface area contributed by atoms with Crippen LogP contribution in [-0.2, 0) is 4.74 Å². The van der Waals surface area contributed by atoms with Gasteiger partial charge < -0.3 is 30.2 Å². The van der Waals surface area contributed by atoms with Gasteiger partial charge >= 0.3 is 6.09 Å². The highest BCUT2D eigenvalue weighted by Crippen LogP contribution is 2.34. The zero-order valence-electron chi connectivity index (χ0n) is 13.0. The van der Waals surface area contributed by atoms with E-state index >= 15 is 0 Å². The lowest BCUT2D eigenvalue weighted by atomic mass is 10.2. The first-order chi connectivity index (χ1) is 11.5. The van der Waals surface area contributed by atoms with E-state index in [0.717, 1.165) is 0 Å². The first kappa shape index (κ1) is 16.7. The normalized spacial score (nSPS) is 26.5. The molecule has 1 aliphatic carbocycles. The summed E-state index contributed by atoms with van der Waals surface area (Å²) in [4.78, 5) is 23.8. The molecule has 0 bridgehead atoms. The van der Waals surface area contributed by atoms with Crippen molar-refractivity contribution in [3.05, 3.63) is 11.6 Å². The van der Waals surface area contributed by atoms with Crippen LogP contribution in [0.2, 0.25) is 5.28 Å². The minimum absolute atomic E-state index is 0.0332. The highest BCUT2D eigenvalue weighted by Gasteiger charge is 2.44. The van der Waals surface area contributed by atoms with Crippen LogP contribution in [0.15, 0.2) is 6.33 Å². The number of rotatable bonds is 3. The van der Waals surface area contributed by atoms with Crippen LogP contribution in [0.3, 0.4) is 0 Å². The summed E-state index contributed by atoms with van der Waals surface area (Å²) in [7, 11) is 2.91. The molecule has 0 spiro atoms. The summed E-state index contributed by atoms with van der Waals surface area (Å²) in [5.74, 6) is 0.459. The zero-order chi connectivity index (χ0) is 17.4. The van der Waals surface area contributed by atoms with Gasteiger partial charge in [-0.05, 0) is 18.0 Å². The summed E-state index contributed by atoms with van der Waals surface area (Å²) in [6.07, 6.45) is -1.16. The number of aliphatic hydroxyl groups is 2. The maximum absolute atomic E-state index is 11.4. The highest BCUT2D eigenvalue weighted by molar-refractivity contribution is 6.28. The lowest BCUT2D eigenvalue weighted by Gasteiger charge is -2.18. The first-order valence-corrected chi connectivity index (χ1v) is 7.62. The van der Waals surface area contributed by atoms with Crippen molar-refractivity contribution in [3.8, 4) is 0 Å². The molecule has 2 aromatic rings. The van der Waals surface area contributed by atoms with E-state index < -0.39 is 30.4 Å². The summed E-state index contributed by atoms with van der Waals surface area (Å²) in [5.41, 5.74) is 0.919. The summed E-state index contributed by atoms with van der Waals surface area (Å²) >= 11 is 5.93. The van der Waals surface area contributed by atoms with E-state index in [4.69, 9.17) is 11.6 Å². The fourth-order valence-electron chi connectivity index (χ4n) is 2.94. The maximum atomic E-state index is 11.4. The Kier molecular flexibility index (Phi) is 4.43. The molecule has 1 fully saturated rings. The molecule has 0 aliphatic heterocycles. The molecule has 1 aliphatic rings. The number of anilines is 1. The summed E-state index contributed by atoms with van der Waals surface area (Å²) in [6, 6.07) is -1.20. The van der Waals surface area contributed by atoms with Crippen LogP contribution in [-0.4, -0.2) is 68.2 Å². The van der Waals surface area contributed by atoms with Gasteiger partial charge in [-0.1, -0.05) is 0 Å². The molecule has 0 radical (unpaired) electrons. The van der Waals surface area contributed by atoms with E-state index in [1.165, 1.54) is 13.4 Å². The molecule has 1 saturated carbocycles. The number of ether oxygens (including phenoxy) is 1. The Labute approximate surface area is 141 Å². The van der Waals surface area contributed by atoms with Crippen LogP contribution in [0.1, 0.15) is 12.5 Å². The largest absolute Gasteiger partial charge is 0.453 e. The Hall–Kier alpha value is -2.17. The van der Waals surface area contributed by atoms with Crippen molar-refractivity contribution in [2.24, 2.45) is 0 Å². The number of imidazole rings is 1. The number of fused-ring (bicyclic) bond motifs is 1. The average molecular weight is 357 g/mol. The number of alkyl carbamates (subject to hydrolysis) is 1. The Morgan fingerprint density at radius 3 is 2.83 bits per heavy atom. The van der Waals surface area contributed by atoms with Gasteiger partial charge in [-0.2, -0.15) is 9.97 Å². The van der Waals surface area contributed by atoms with E-state index in [2.05, 4.69) is 30.3 Å². The third-order valence-electron chi connectivity index (χ3n) is 4.13. The Morgan fingerprint density at radius 1 is 1.42 bits per heavy atom. The average Bonchev–Trinajstić information content (AvgIpc) is 3.10. The SMILES string of the molecule is CNc1nc(Cl)nc2c1ncn2[C@@H]1C[C@H](NC(=O)OC)[C@@H](O)[C@H]1O. The Bertz CT molecular complexity index is 768. The number of methoxy groups -OCH3 is 1. The monoisotopic (exact) mass is 356 g/mol. The van der Waals surface area contributed by atoms with Gasteiger partial charge in [0, 0.05) is 7.05 Å². The molecular weight excluding hydrogens is 340 g/mol. The van der Waals surface area contributed by atoms with Crippen molar-refractivity contribution in [1.29, 1.82) is 0 Å². The Balaban J connectivity index is 1.96. The van der Waals surface area contributed by atoms with E-state index in [1.54, 1.807) is 11.6 Å². The van der Waals surface area contributed by atoms with Crippen molar-refractivity contribution < 1.29 is 19.7 Å². The van der Waals surface area contributed by atoms with Gasteiger partial charge in [-0.25, -0.2) is 9.78 Å². The fraction of sp³-hybridized carbons (Fsp3) is 0.538. The van der Waals surface area contributed by atoms with Gasteiger partial charge in [0.1, 0.15) is 12.2 Å². The first-order valence-electron chi connectivity index (χ1n) is 7.24. The van der Waals surface area contributed by atoms with Crippen LogP contribution in [0.5, 0.6) is 0 Å². The molecule has 2 heterocycles. The van der Waals surface area contributed by atoms with Gasteiger partial charge in [0.25, 0.3) is 0 Å². The predicted molar refractivity (Wildman–Crippen MR) is 84.9 cm³/mol. The molecule has 130 valence electrons. The molecule has 0 aromatic carbocycles. The zero-order valence-corrected chi connectivity index (χ0v) is 13.7. The van der Waals surface area contributed by atoms with Crippen molar-refractivity contribution in [1.82, 2.24) is 24.8 Å². The quantitative estimate of drug-likeness (QED) is 0.561. The molecule has 0 saturated heterocycles. The number of nitrogens with one attached hydrogen (secondary N) is 2. The van der Waals surface area contributed by atoms with Gasteiger partial charge in [0.05, 0.1) is 25.5 Å². The second-order valence-corrected chi connectivity index (χ2v) is 5.78. The standard InChI is InChI=1S/C13H17ClN6O4/c1-15-10-7-11(19-12(14)18-10)20(4-16-7)6-3-5(8(21)9(6)22)17-13(23)24-2/h4-6,8-9,21-22H,3H2,1-2H3,(H,17,23)(H,15,18,19)/t5-,6+,8+,9-/m0/s1. The summed E-state index contributed by atoms with van der Waals surface area (Å²) in [6.45, 7) is 0. The summed E-state index contributed by atoms with van der Waals surface area (Å²) in [5, 5.41) is 26.0. The number of hydrogen-bond acceptors (Lipinski definition) is 8. The van der Waals surface area contributed by atoms with Crippen molar-refractivity contribution in [3.63, 3.8) is 0 Å². The molecule has 11 heteroatoms. The number of aliphatic hydroxyl groups excluding tert-OH is 2. The molecule has 3 rings (SSSR count). The molecule has 0 unspecified atom stereocenters. The van der Waals surface area contributed by atoms with Gasteiger partial charge in [0.15, 0.2) is 17.0 Å². The molecule has 1 amide bonds. The number of halogens is 1. The second kappa shape index (κ2) is 6.38. The van der Waals surface area contributed by atoms with E-state index in [9.17, 15) is 15.0 Å². The number of amides is 1. The number of nitrogens with zero attached hydrogens (tertiary/aromatic N) is 4. The molecule has 4 atom stereocenters. The van der Waals surface area contributed by atoms with Gasteiger partial charge in [0.2, 0.25) is 5.28 Å². The number of carbonyl (C=O) groups excluding carboxylic acids is 1. The van der Waals surface area contributed by atoms with Gasteiger partial charge in [-0.3, -0.25) is 0 Å². The molecule has 2 aromatic heterocycles. The minimum Gasteiger partial charge on any atom is -0.453 e. The van der Waals surface area contributed by atoms with E-state index in [-0.39, 0.29) is 11.7 Å². The molecule has 4 N–H and O–H groups in total. The smallest absolute Gasteiger partial charge is 0.407 e. The topological polar surface area (TPSA) is 134 Å². The van der Waals surface area contributed by atoms with Crippen LogP contribution in [0.25, 0.3) is 11.2 Å². The third kappa shape index (κ3) is 2.72. The van der Waals surface area contributed by atoms with Crippen LogP contribution < -0.4 is 10.6 Å². The molecule has 24 heavy (non-hydrogen) atoms. The minimum atomic E-state index is -1.15. The molecular formula is C13H17ClN6O4. The van der Waals surface area contributed by atoms with Crippen LogP contribution >= 0.6 is 11.6 Å². The van der Waals surface area contributed by atoms with E-state index in [0.29, 0.717) is 17.0 Å². The fourth-order valence-corrected chi connectivity index (χ4v) is 3.11. The predicted octanol–water partition coefficient (Wildman–Crippen LogP) is -0.0874. The number of aromatic nitrogens is 4. The Morgan fingerprint density at radius 2 is 2.17 bits per heavy atom. The van der Waals surface area contributed by atoms with Crippen molar-refractivity contribution in [2.75, 3.05) is 19.5 Å². The number of hydrogen-bond donors (Lipinski definition) is 4. The van der Waals surface area contributed by atoms with Crippen molar-refractivity contribution in [2.45, 2.75) is 30.7 Å². The summed E-state index contributed by atoms with van der Waals surface area (Å²) < 4.78 is 6.15. The maximum Gasteiger partial charge on any atom is 0.407 e. The number of carbonyl (C=O) groups is 1. The third-order valence-corrected chi connectivity index (χ3v) is 4.30. The van der Waals surface area contributed by atoms with Crippen molar-refractivity contribution >= 4 is 34.7 Å². The molecule has 10 nitrogen and oxygen atoms in total. The lowest BCUT2D eigenvalue weighted by molar-refractivity contribution is 0.0142. The van der Waals surface area contributed by atoms with E-state index in [1.807, 2.05) is 0 Å². The second-order valence-electron chi connectivity index (χ2n) is 5.44. The van der Waals surface area contributed by atoms with Crippen LogP contribution in [0, 0.1) is 0 Å². The lowest BCUT2D eigenvalue weighted by Crippen LogP contribution is -2.43. The van der Waals surface area contributed by atoms with Gasteiger partial charge in [-0.15, -0.1) is 0 Å².